The van der Waals surface area contributed by atoms with Crippen molar-refractivity contribution in [2.24, 2.45) is 5.92 Å². The van der Waals surface area contributed by atoms with Crippen molar-refractivity contribution in [3.63, 3.8) is 0 Å². The number of hydrogen-bond acceptors (Lipinski definition) is 4. The number of hydrogen-bond donors (Lipinski definition) is 1. The molecule has 6 nitrogen and oxygen atoms in total. The molecular formula is C13H24N2O4S. The Balaban J connectivity index is 1.98. The number of sulfonamides is 1. The zero-order valence-electron chi connectivity index (χ0n) is 12.2. The smallest absolute Gasteiger partial charge is 0.225 e. The van der Waals surface area contributed by atoms with Crippen LogP contribution in [-0.4, -0.2) is 57.8 Å². The molecule has 1 saturated heterocycles. The van der Waals surface area contributed by atoms with E-state index in [1.165, 1.54) is 6.26 Å². The third-order valence-electron chi connectivity index (χ3n) is 4.15. The van der Waals surface area contributed by atoms with Gasteiger partial charge in [-0.1, -0.05) is 0 Å². The van der Waals surface area contributed by atoms with Crippen molar-refractivity contribution in [1.29, 1.82) is 0 Å². The van der Waals surface area contributed by atoms with Gasteiger partial charge in [0.1, 0.15) is 0 Å². The van der Waals surface area contributed by atoms with Crippen LogP contribution in [0.1, 0.15) is 32.1 Å². The van der Waals surface area contributed by atoms with Crippen LogP contribution >= 0.6 is 0 Å². The fraction of sp³-hybridized carbons (Fsp3) is 0.923. The van der Waals surface area contributed by atoms with Gasteiger partial charge in [-0.25, -0.2) is 13.1 Å². The number of piperidine rings is 1. The summed E-state index contributed by atoms with van der Waals surface area (Å²) in [5, 5.41) is 0. The van der Waals surface area contributed by atoms with Gasteiger partial charge in [-0.15, -0.1) is 0 Å². The van der Waals surface area contributed by atoms with E-state index in [1.807, 2.05) is 4.90 Å². The quantitative estimate of drug-likeness (QED) is 0.768. The third kappa shape index (κ3) is 4.17. The summed E-state index contributed by atoms with van der Waals surface area (Å²) >= 11 is 0. The van der Waals surface area contributed by atoms with Crippen molar-refractivity contribution in [3.8, 4) is 0 Å². The van der Waals surface area contributed by atoms with Crippen LogP contribution in [0.4, 0.5) is 0 Å². The normalized spacial score (nSPS) is 22.8. The first-order chi connectivity index (χ1) is 9.35. The van der Waals surface area contributed by atoms with Crippen LogP contribution in [0.2, 0.25) is 0 Å². The van der Waals surface area contributed by atoms with E-state index in [2.05, 4.69) is 4.72 Å². The Bertz CT molecular complexity index is 451. The predicted molar refractivity (Wildman–Crippen MR) is 75.7 cm³/mol. The summed E-state index contributed by atoms with van der Waals surface area (Å²) < 4.78 is 31.0. The van der Waals surface area contributed by atoms with Gasteiger partial charge in [-0.05, 0) is 32.1 Å². The zero-order valence-corrected chi connectivity index (χ0v) is 13.0. The Morgan fingerprint density at radius 1 is 1.35 bits per heavy atom. The summed E-state index contributed by atoms with van der Waals surface area (Å²) in [5.74, 6) is 0.467. The van der Waals surface area contributed by atoms with E-state index in [0.717, 1.165) is 12.8 Å². The number of ether oxygens (including phenoxy) is 1. The second-order valence-corrected chi connectivity index (χ2v) is 7.75. The number of nitrogens with one attached hydrogen (secondary N) is 1. The van der Waals surface area contributed by atoms with Crippen molar-refractivity contribution in [2.75, 3.05) is 33.1 Å². The zero-order chi connectivity index (χ0) is 14.8. The lowest BCUT2D eigenvalue weighted by molar-refractivity contribution is -0.134. The number of carbonyl (C=O) groups is 1. The molecule has 1 aliphatic heterocycles. The Morgan fingerprint density at radius 2 is 1.95 bits per heavy atom. The van der Waals surface area contributed by atoms with Crippen LogP contribution in [-0.2, 0) is 19.6 Å². The molecule has 0 bridgehead atoms. The van der Waals surface area contributed by atoms with E-state index in [0.29, 0.717) is 39.0 Å². The maximum absolute atomic E-state index is 12.0. The lowest BCUT2D eigenvalue weighted by Gasteiger charge is -2.42. The summed E-state index contributed by atoms with van der Waals surface area (Å²) in [6, 6.07) is 0. The molecule has 2 rings (SSSR count). The molecule has 0 aromatic carbocycles. The fourth-order valence-corrected chi connectivity index (χ4v) is 3.93. The van der Waals surface area contributed by atoms with Gasteiger partial charge in [0, 0.05) is 38.3 Å². The maximum Gasteiger partial charge on any atom is 0.225 e. The molecule has 1 heterocycles. The van der Waals surface area contributed by atoms with Gasteiger partial charge in [0.25, 0.3) is 0 Å². The summed E-state index contributed by atoms with van der Waals surface area (Å²) in [6.07, 6.45) is 5.15. The monoisotopic (exact) mass is 304 g/mol. The van der Waals surface area contributed by atoms with Crippen LogP contribution in [0.5, 0.6) is 0 Å². The molecule has 116 valence electrons. The molecule has 0 unspecified atom stereocenters. The van der Waals surface area contributed by atoms with E-state index < -0.39 is 15.6 Å². The standard InChI is InChI=1S/C13H24N2O4S/c1-19-10-7-13(14-20(2,17)18)5-8-15(9-6-13)12(16)11-3-4-11/h11,14H,3-10H2,1-2H3. The van der Waals surface area contributed by atoms with Crippen LogP contribution in [0.25, 0.3) is 0 Å². The molecule has 7 heteroatoms. The maximum atomic E-state index is 12.0. The van der Waals surface area contributed by atoms with Crippen LogP contribution < -0.4 is 4.72 Å². The molecule has 0 aromatic rings. The highest BCUT2D eigenvalue weighted by Gasteiger charge is 2.40. The van der Waals surface area contributed by atoms with Crippen molar-refractivity contribution < 1.29 is 17.9 Å². The third-order valence-corrected chi connectivity index (χ3v) is 4.95. The van der Waals surface area contributed by atoms with E-state index in [-0.39, 0.29) is 11.8 Å². The average molecular weight is 304 g/mol. The van der Waals surface area contributed by atoms with Crippen molar-refractivity contribution >= 4 is 15.9 Å². The molecule has 0 radical (unpaired) electrons. The molecule has 0 atom stereocenters. The van der Waals surface area contributed by atoms with E-state index >= 15 is 0 Å². The lowest BCUT2D eigenvalue weighted by atomic mass is 9.85. The van der Waals surface area contributed by atoms with Gasteiger partial charge in [-0.3, -0.25) is 4.79 Å². The molecule has 0 aromatic heterocycles. The molecule has 20 heavy (non-hydrogen) atoms. The van der Waals surface area contributed by atoms with Gasteiger partial charge in [-0.2, -0.15) is 0 Å². The Hall–Kier alpha value is -0.660. The Morgan fingerprint density at radius 3 is 2.40 bits per heavy atom. The molecule has 0 spiro atoms. The Labute approximate surface area is 120 Å². The van der Waals surface area contributed by atoms with Gasteiger partial charge in [0.2, 0.25) is 15.9 Å². The first kappa shape index (κ1) is 15.7. The summed E-state index contributed by atoms with van der Waals surface area (Å²) in [5.41, 5.74) is -0.468. The number of rotatable bonds is 6. The van der Waals surface area contributed by atoms with Gasteiger partial charge in [0.15, 0.2) is 0 Å². The highest BCUT2D eigenvalue weighted by Crippen LogP contribution is 2.34. The molecule has 1 amide bonds. The van der Waals surface area contributed by atoms with Crippen LogP contribution in [0.15, 0.2) is 0 Å². The number of nitrogens with zero attached hydrogens (tertiary/aromatic N) is 1. The Kier molecular flexibility index (Phi) is 4.71. The second kappa shape index (κ2) is 5.99. The average Bonchev–Trinajstić information content (AvgIpc) is 3.19. The predicted octanol–water partition coefficient (Wildman–Crippen LogP) is 0.343. The molecule has 1 aliphatic carbocycles. The SMILES string of the molecule is COCCC1(NS(C)(=O)=O)CCN(C(=O)C2CC2)CC1. The van der Waals surface area contributed by atoms with E-state index in [1.54, 1.807) is 7.11 Å². The van der Waals surface area contributed by atoms with Crippen molar-refractivity contribution in [3.05, 3.63) is 0 Å². The van der Waals surface area contributed by atoms with Crippen LogP contribution in [0.3, 0.4) is 0 Å². The van der Waals surface area contributed by atoms with Crippen LogP contribution in [0, 0.1) is 5.92 Å². The highest BCUT2D eigenvalue weighted by atomic mass is 32.2. The van der Waals surface area contributed by atoms with E-state index in [9.17, 15) is 13.2 Å². The number of carbonyl (C=O) groups excluding carboxylic acids is 1. The molecule has 2 aliphatic rings. The molecule has 1 N–H and O–H groups in total. The summed E-state index contributed by atoms with van der Waals surface area (Å²) in [4.78, 5) is 13.9. The summed E-state index contributed by atoms with van der Waals surface area (Å²) in [6.45, 7) is 1.77. The topological polar surface area (TPSA) is 75.7 Å². The number of methoxy groups -OCH3 is 1. The minimum Gasteiger partial charge on any atom is -0.385 e. The summed E-state index contributed by atoms with van der Waals surface area (Å²) in [7, 11) is -1.65. The minimum absolute atomic E-state index is 0.226. The van der Waals surface area contributed by atoms with Gasteiger partial charge in [0.05, 0.1) is 6.26 Å². The molecule has 2 fully saturated rings. The van der Waals surface area contributed by atoms with E-state index in [4.69, 9.17) is 4.74 Å². The van der Waals surface area contributed by atoms with Crippen molar-refractivity contribution in [2.45, 2.75) is 37.6 Å². The molecule has 1 saturated carbocycles. The highest BCUT2D eigenvalue weighted by molar-refractivity contribution is 7.88. The van der Waals surface area contributed by atoms with Crippen molar-refractivity contribution in [1.82, 2.24) is 9.62 Å². The minimum atomic E-state index is -3.26. The first-order valence-corrected chi connectivity index (χ1v) is 9.01. The lowest BCUT2D eigenvalue weighted by Crippen LogP contribution is -2.56. The van der Waals surface area contributed by atoms with Gasteiger partial charge < -0.3 is 9.64 Å². The number of likely N-dealkylation sites (tertiary alicyclic amines) is 1. The molecular weight excluding hydrogens is 280 g/mol. The number of amides is 1. The fourth-order valence-electron chi connectivity index (χ4n) is 2.84. The largest absolute Gasteiger partial charge is 0.385 e. The van der Waals surface area contributed by atoms with Gasteiger partial charge >= 0.3 is 0 Å². The second-order valence-electron chi connectivity index (χ2n) is 6.00. The first-order valence-electron chi connectivity index (χ1n) is 7.12.